The maximum Gasteiger partial charge on any atom is 0.358 e. The van der Waals surface area contributed by atoms with Crippen LogP contribution in [0, 0.1) is 0 Å². The molecule has 1 heterocycles. The summed E-state index contributed by atoms with van der Waals surface area (Å²) in [6.45, 7) is 0.549. The summed E-state index contributed by atoms with van der Waals surface area (Å²) in [6, 6.07) is 5.33. The van der Waals surface area contributed by atoms with Gasteiger partial charge in [0, 0.05) is 21.4 Å². The van der Waals surface area contributed by atoms with E-state index in [4.69, 9.17) is 22.4 Å². The quantitative estimate of drug-likeness (QED) is 0.648. The van der Waals surface area contributed by atoms with Crippen LogP contribution in [0.1, 0.15) is 10.5 Å². The molecule has 0 aliphatic heterocycles. The number of halogens is 1. The van der Waals surface area contributed by atoms with Crippen molar-refractivity contribution in [3.8, 4) is 0 Å². The predicted molar refractivity (Wildman–Crippen MR) is 73.6 cm³/mol. The summed E-state index contributed by atoms with van der Waals surface area (Å²) in [6.07, 6.45) is 1.40. The Balaban J connectivity index is 1.90. The topological polar surface area (TPSA) is 94.0 Å². The summed E-state index contributed by atoms with van der Waals surface area (Å²) in [7, 11) is 0. The van der Waals surface area contributed by atoms with Crippen LogP contribution in [0.4, 0.5) is 5.69 Å². The van der Waals surface area contributed by atoms with Gasteiger partial charge in [0.1, 0.15) is 0 Å². The van der Waals surface area contributed by atoms with Crippen LogP contribution < -0.4 is 5.73 Å². The number of thioether (sulfide) groups is 1. The fourth-order valence-electron chi connectivity index (χ4n) is 1.41. The van der Waals surface area contributed by atoms with Gasteiger partial charge in [0.05, 0.1) is 12.7 Å². The number of carbonyl (C=O) groups is 1. The Labute approximate surface area is 118 Å². The standard InChI is InChI=1S/C11H11ClN4O2S/c12-7-1-2-10(8(13)5-7)19-4-3-16-6-9(11(17)18)14-15-16/h1-2,5-6H,3-4,13H2,(H,17,18). The van der Waals surface area contributed by atoms with Crippen molar-refractivity contribution in [1.82, 2.24) is 15.0 Å². The second kappa shape index (κ2) is 5.94. The highest BCUT2D eigenvalue weighted by molar-refractivity contribution is 7.99. The van der Waals surface area contributed by atoms with Crippen LogP contribution >= 0.6 is 23.4 Å². The number of carboxylic acids is 1. The maximum absolute atomic E-state index is 10.6. The molecule has 100 valence electrons. The number of hydrogen-bond donors (Lipinski definition) is 2. The number of benzene rings is 1. The van der Waals surface area contributed by atoms with Gasteiger partial charge in [-0.1, -0.05) is 16.8 Å². The number of nitrogens with two attached hydrogens (primary N) is 1. The van der Waals surface area contributed by atoms with E-state index in [1.807, 2.05) is 6.07 Å². The van der Waals surface area contributed by atoms with E-state index in [0.717, 1.165) is 4.90 Å². The Morgan fingerprint density at radius 2 is 2.32 bits per heavy atom. The SMILES string of the molecule is Nc1cc(Cl)ccc1SCCn1cc(C(=O)O)nn1. The molecule has 6 nitrogen and oxygen atoms in total. The van der Waals surface area contributed by atoms with Gasteiger partial charge < -0.3 is 10.8 Å². The first kappa shape index (κ1) is 13.7. The lowest BCUT2D eigenvalue weighted by atomic mass is 10.3. The number of aromatic nitrogens is 3. The second-order valence-corrected chi connectivity index (χ2v) is 5.28. The molecule has 0 saturated heterocycles. The van der Waals surface area contributed by atoms with Crippen molar-refractivity contribution in [2.75, 3.05) is 11.5 Å². The predicted octanol–water partition coefficient (Wildman–Crippen LogP) is 2.00. The first-order valence-corrected chi connectivity index (χ1v) is 6.74. The Kier molecular flexibility index (Phi) is 4.28. The molecule has 0 saturated carbocycles. The number of rotatable bonds is 5. The average Bonchev–Trinajstić information content (AvgIpc) is 2.81. The summed E-state index contributed by atoms with van der Waals surface area (Å²) in [5.74, 6) is -0.380. The number of aromatic carboxylic acids is 1. The Hall–Kier alpha value is -1.73. The largest absolute Gasteiger partial charge is 0.476 e. The molecule has 0 fully saturated rings. The molecule has 3 N–H and O–H groups in total. The van der Waals surface area contributed by atoms with Crippen LogP contribution in [-0.2, 0) is 6.54 Å². The molecule has 1 aromatic heterocycles. The van der Waals surface area contributed by atoms with E-state index < -0.39 is 5.97 Å². The summed E-state index contributed by atoms with van der Waals surface area (Å²) in [5, 5.41) is 16.6. The molecule has 0 unspecified atom stereocenters. The third kappa shape index (κ3) is 3.62. The second-order valence-electron chi connectivity index (χ2n) is 3.70. The highest BCUT2D eigenvalue weighted by Gasteiger charge is 2.08. The molecule has 2 aromatic rings. The highest BCUT2D eigenvalue weighted by atomic mass is 35.5. The van der Waals surface area contributed by atoms with Gasteiger partial charge >= 0.3 is 5.97 Å². The van der Waals surface area contributed by atoms with Gasteiger partial charge in [-0.3, -0.25) is 4.68 Å². The molecule has 0 bridgehead atoms. The van der Waals surface area contributed by atoms with Crippen molar-refractivity contribution < 1.29 is 9.90 Å². The fourth-order valence-corrected chi connectivity index (χ4v) is 2.47. The molecule has 1 aromatic carbocycles. The summed E-state index contributed by atoms with van der Waals surface area (Å²) < 4.78 is 1.49. The van der Waals surface area contributed by atoms with Crippen LogP contribution in [0.25, 0.3) is 0 Å². The van der Waals surface area contributed by atoms with Gasteiger partial charge in [-0.05, 0) is 18.2 Å². The lowest BCUT2D eigenvalue weighted by Crippen LogP contribution is -2.01. The van der Waals surface area contributed by atoms with Crippen molar-refractivity contribution >= 4 is 35.0 Å². The van der Waals surface area contributed by atoms with E-state index in [2.05, 4.69) is 10.3 Å². The normalized spacial score (nSPS) is 10.6. The summed E-state index contributed by atoms with van der Waals surface area (Å²) in [5.41, 5.74) is 6.39. The molecule has 0 atom stereocenters. The van der Waals surface area contributed by atoms with Gasteiger partial charge in [0.25, 0.3) is 0 Å². The van der Waals surface area contributed by atoms with Crippen LogP contribution in [0.3, 0.4) is 0 Å². The van der Waals surface area contributed by atoms with E-state index >= 15 is 0 Å². The highest BCUT2D eigenvalue weighted by Crippen LogP contribution is 2.27. The first-order chi connectivity index (χ1) is 9.06. The number of aryl methyl sites for hydroxylation is 1. The van der Waals surface area contributed by atoms with Crippen LogP contribution in [-0.4, -0.2) is 31.8 Å². The molecule has 0 aliphatic rings. The Morgan fingerprint density at radius 1 is 1.53 bits per heavy atom. The number of hydrogen-bond acceptors (Lipinski definition) is 5. The van der Waals surface area contributed by atoms with Gasteiger partial charge in [-0.25, -0.2) is 4.79 Å². The number of nitrogens with zero attached hydrogens (tertiary/aromatic N) is 3. The maximum atomic E-state index is 10.6. The van der Waals surface area contributed by atoms with E-state index in [9.17, 15) is 4.79 Å². The molecule has 0 spiro atoms. The molecule has 0 aliphatic carbocycles. The zero-order valence-electron chi connectivity index (χ0n) is 9.78. The fraction of sp³-hybridized carbons (Fsp3) is 0.182. The molecular weight excluding hydrogens is 288 g/mol. The van der Waals surface area contributed by atoms with Crippen molar-refractivity contribution in [2.45, 2.75) is 11.4 Å². The monoisotopic (exact) mass is 298 g/mol. The van der Waals surface area contributed by atoms with Crippen molar-refractivity contribution in [1.29, 1.82) is 0 Å². The number of nitrogen functional groups attached to an aromatic ring is 1. The Bertz CT molecular complexity index is 602. The van der Waals surface area contributed by atoms with Crippen molar-refractivity contribution in [3.05, 3.63) is 35.1 Å². The van der Waals surface area contributed by atoms with Gasteiger partial charge in [0.15, 0.2) is 5.69 Å². The Morgan fingerprint density at radius 3 is 2.95 bits per heavy atom. The third-order valence-electron chi connectivity index (χ3n) is 2.31. The van der Waals surface area contributed by atoms with Gasteiger partial charge in [-0.2, -0.15) is 0 Å². The van der Waals surface area contributed by atoms with Crippen LogP contribution in [0.2, 0.25) is 5.02 Å². The lowest BCUT2D eigenvalue weighted by molar-refractivity contribution is 0.0690. The third-order valence-corrected chi connectivity index (χ3v) is 3.61. The zero-order chi connectivity index (χ0) is 13.8. The average molecular weight is 299 g/mol. The van der Waals surface area contributed by atoms with E-state index in [1.54, 1.807) is 23.9 Å². The van der Waals surface area contributed by atoms with Gasteiger partial charge in [-0.15, -0.1) is 16.9 Å². The van der Waals surface area contributed by atoms with E-state index in [1.165, 1.54) is 10.9 Å². The van der Waals surface area contributed by atoms with Crippen LogP contribution in [0.15, 0.2) is 29.3 Å². The first-order valence-electron chi connectivity index (χ1n) is 5.37. The molecule has 2 rings (SSSR count). The minimum Gasteiger partial charge on any atom is -0.476 e. The molecule has 0 amide bonds. The summed E-state index contributed by atoms with van der Waals surface area (Å²) in [4.78, 5) is 11.6. The molecular formula is C11H11ClN4O2S. The lowest BCUT2D eigenvalue weighted by Gasteiger charge is -2.05. The molecule has 8 heteroatoms. The smallest absolute Gasteiger partial charge is 0.358 e. The van der Waals surface area contributed by atoms with Crippen molar-refractivity contribution in [3.63, 3.8) is 0 Å². The van der Waals surface area contributed by atoms with Gasteiger partial charge in [0.2, 0.25) is 0 Å². The molecule has 0 radical (unpaired) electrons. The van der Waals surface area contributed by atoms with E-state index in [0.29, 0.717) is 23.0 Å². The minimum atomic E-state index is -1.08. The minimum absolute atomic E-state index is 0.0593. The number of anilines is 1. The molecule has 19 heavy (non-hydrogen) atoms. The summed E-state index contributed by atoms with van der Waals surface area (Å²) >= 11 is 7.36. The zero-order valence-corrected chi connectivity index (χ0v) is 11.4. The number of carboxylic acid groups (broad SMARTS) is 1. The van der Waals surface area contributed by atoms with Crippen molar-refractivity contribution in [2.24, 2.45) is 0 Å². The van der Waals surface area contributed by atoms with E-state index in [-0.39, 0.29) is 5.69 Å². The van der Waals surface area contributed by atoms with Crippen LogP contribution in [0.5, 0.6) is 0 Å².